The molecule has 1 saturated heterocycles. The molecule has 96 valence electrons. The molecule has 1 fully saturated rings. The highest BCUT2D eigenvalue weighted by molar-refractivity contribution is 5.30. The van der Waals surface area contributed by atoms with Crippen LogP contribution >= 0.6 is 0 Å². The van der Waals surface area contributed by atoms with Crippen molar-refractivity contribution in [3.63, 3.8) is 0 Å². The molecule has 5 nitrogen and oxygen atoms in total. The molecule has 0 bridgehead atoms. The van der Waals surface area contributed by atoms with Gasteiger partial charge in [-0.3, -0.25) is 4.90 Å². The summed E-state index contributed by atoms with van der Waals surface area (Å²) < 4.78 is 7.25. The zero-order valence-corrected chi connectivity index (χ0v) is 11.0. The topological polar surface area (TPSA) is 42.3 Å². The lowest BCUT2D eigenvalue weighted by Crippen LogP contribution is -2.28. The highest BCUT2D eigenvalue weighted by atomic mass is 16.5. The van der Waals surface area contributed by atoms with E-state index in [0.717, 1.165) is 44.3 Å². The molecule has 0 saturated carbocycles. The van der Waals surface area contributed by atoms with Crippen LogP contribution in [0.1, 0.15) is 17.7 Å². The van der Waals surface area contributed by atoms with Crippen LogP contribution in [0.15, 0.2) is 0 Å². The fourth-order valence-corrected chi connectivity index (χ4v) is 2.40. The number of methoxy groups -OCH3 is 1. The van der Waals surface area contributed by atoms with Gasteiger partial charge in [0.2, 0.25) is 5.88 Å². The fourth-order valence-electron chi connectivity index (χ4n) is 2.40. The smallest absolute Gasteiger partial charge is 0.216 e. The van der Waals surface area contributed by atoms with Crippen molar-refractivity contribution in [2.45, 2.75) is 19.9 Å². The van der Waals surface area contributed by atoms with Gasteiger partial charge >= 0.3 is 0 Å². The lowest BCUT2D eigenvalue weighted by atomic mass is 10.2. The average Bonchev–Trinajstić information content (AvgIpc) is 2.50. The Morgan fingerprint density at radius 3 is 2.94 bits per heavy atom. The van der Waals surface area contributed by atoms with Crippen LogP contribution in [0.4, 0.5) is 0 Å². The van der Waals surface area contributed by atoms with E-state index < -0.39 is 0 Å². The Kier molecular flexibility index (Phi) is 4.02. The van der Waals surface area contributed by atoms with Crippen LogP contribution in [0.5, 0.6) is 5.88 Å². The maximum Gasteiger partial charge on any atom is 0.216 e. The second kappa shape index (κ2) is 5.51. The third kappa shape index (κ3) is 2.79. The lowest BCUT2D eigenvalue weighted by molar-refractivity contribution is 0.276. The first-order chi connectivity index (χ1) is 8.22. The second-order valence-corrected chi connectivity index (χ2v) is 4.58. The predicted molar refractivity (Wildman–Crippen MR) is 67.3 cm³/mol. The molecule has 1 aliphatic heterocycles. The van der Waals surface area contributed by atoms with E-state index in [-0.39, 0.29) is 0 Å². The molecule has 1 N–H and O–H groups in total. The first-order valence-corrected chi connectivity index (χ1v) is 6.22. The maximum absolute atomic E-state index is 5.43. The first-order valence-electron chi connectivity index (χ1n) is 6.22. The van der Waals surface area contributed by atoms with E-state index in [0.29, 0.717) is 0 Å². The first kappa shape index (κ1) is 12.4. The molecule has 1 aromatic heterocycles. The molecular formula is C12H22N4O. The molecule has 0 aromatic carbocycles. The summed E-state index contributed by atoms with van der Waals surface area (Å²) in [5.74, 6) is 0.889. The van der Waals surface area contributed by atoms with Gasteiger partial charge in [0.25, 0.3) is 0 Å². The summed E-state index contributed by atoms with van der Waals surface area (Å²) in [7, 11) is 3.64. The Labute approximate surface area is 103 Å². The van der Waals surface area contributed by atoms with E-state index >= 15 is 0 Å². The van der Waals surface area contributed by atoms with Crippen LogP contribution in [0.25, 0.3) is 0 Å². The zero-order chi connectivity index (χ0) is 12.3. The van der Waals surface area contributed by atoms with Gasteiger partial charge in [-0.05, 0) is 26.4 Å². The molecule has 0 atom stereocenters. The van der Waals surface area contributed by atoms with Gasteiger partial charge in [0.05, 0.1) is 18.4 Å². The van der Waals surface area contributed by atoms with Gasteiger partial charge in [-0.2, -0.15) is 5.10 Å². The highest BCUT2D eigenvalue weighted by Crippen LogP contribution is 2.22. The summed E-state index contributed by atoms with van der Waals surface area (Å²) in [6.45, 7) is 7.42. The molecule has 0 radical (unpaired) electrons. The average molecular weight is 238 g/mol. The number of rotatable bonds is 3. The van der Waals surface area contributed by atoms with Crippen molar-refractivity contribution in [3.05, 3.63) is 11.3 Å². The maximum atomic E-state index is 5.43. The predicted octanol–water partition coefficient (Wildman–Crippen LogP) is 0.532. The van der Waals surface area contributed by atoms with Crippen molar-refractivity contribution in [3.8, 4) is 5.88 Å². The quantitative estimate of drug-likeness (QED) is 0.834. The summed E-state index contributed by atoms with van der Waals surface area (Å²) in [4.78, 5) is 2.46. The molecule has 0 aliphatic carbocycles. The van der Waals surface area contributed by atoms with Crippen LogP contribution in [0, 0.1) is 6.92 Å². The Morgan fingerprint density at radius 1 is 1.35 bits per heavy atom. The van der Waals surface area contributed by atoms with Gasteiger partial charge in [0.15, 0.2) is 0 Å². The van der Waals surface area contributed by atoms with Crippen molar-refractivity contribution < 1.29 is 4.74 Å². The number of hydrogen-bond acceptors (Lipinski definition) is 4. The summed E-state index contributed by atoms with van der Waals surface area (Å²) in [6, 6.07) is 0. The zero-order valence-electron chi connectivity index (χ0n) is 11.0. The molecular weight excluding hydrogens is 216 g/mol. The van der Waals surface area contributed by atoms with E-state index in [4.69, 9.17) is 4.74 Å². The van der Waals surface area contributed by atoms with Gasteiger partial charge in [-0.15, -0.1) is 0 Å². The number of nitrogens with one attached hydrogen (secondary N) is 1. The van der Waals surface area contributed by atoms with Crippen molar-refractivity contribution in [2.24, 2.45) is 7.05 Å². The number of hydrogen-bond donors (Lipinski definition) is 1. The summed E-state index contributed by atoms with van der Waals surface area (Å²) >= 11 is 0. The minimum absolute atomic E-state index is 0.889. The number of aryl methyl sites for hydroxylation is 2. The number of nitrogens with zero attached hydrogens (tertiary/aromatic N) is 3. The van der Waals surface area contributed by atoms with Crippen LogP contribution in [0.3, 0.4) is 0 Å². The minimum atomic E-state index is 0.889. The highest BCUT2D eigenvalue weighted by Gasteiger charge is 2.17. The van der Waals surface area contributed by atoms with E-state index in [1.807, 2.05) is 18.7 Å². The van der Waals surface area contributed by atoms with Crippen LogP contribution in [-0.2, 0) is 13.6 Å². The van der Waals surface area contributed by atoms with Crippen molar-refractivity contribution >= 4 is 0 Å². The van der Waals surface area contributed by atoms with Crippen LogP contribution in [-0.4, -0.2) is 48.0 Å². The van der Waals surface area contributed by atoms with E-state index in [1.54, 1.807) is 7.11 Å². The van der Waals surface area contributed by atoms with Crippen molar-refractivity contribution in [2.75, 3.05) is 33.3 Å². The normalized spacial score (nSPS) is 18.1. The fraction of sp³-hybridized carbons (Fsp3) is 0.750. The van der Waals surface area contributed by atoms with Crippen molar-refractivity contribution in [1.29, 1.82) is 0 Å². The molecule has 2 rings (SSSR count). The molecule has 1 aliphatic rings. The Morgan fingerprint density at radius 2 is 2.18 bits per heavy atom. The molecule has 0 amide bonds. The van der Waals surface area contributed by atoms with E-state index in [2.05, 4.69) is 15.3 Å². The SMILES string of the molecule is COc1c(CN2CCCNCC2)c(C)nn1C. The molecule has 17 heavy (non-hydrogen) atoms. The van der Waals surface area contributed by atoms with E-state index in [9.17, 15) is 0 Å². The molecule has 1 aromatic rings. The monoisotopic (exact) mass is 238 g/mol. The van der Waals surface area contributed by atoms with Crippen molar-refractivity contribution in [1.82, 2.24) is 20.0 Å². The molecule has 0 unspecified atom stereocenters. The molecule has 2 heterocycles. The third-order valence-electron chi connectivity index (χ3n) is 3.30. The van der Waals surface area contributed by atoms with Gasteiger partial charge in [0, 0.05) is 26.7 Å². The van der Waals surface area contributed by atoms with Crippen LogP contribution < -0.4 is 10.1 Å². The lowest BCUT2D eigenvalue weighted by Gasteiger charge is -2.19. The summed E-state index contributed by atoms with van der Waals surface area (Å²) in [5.41, 5.74) is 2.29. The third-order valence-corrected chi connectivity index (χ3v) is 3.30. The number of aromatic nitrogens is 2. The minimum Gasteiger partial charge on any atom is -0.481 e. The number of ether oxygens (including phenoxy) is 1. The van der Waals surface area contributed by atoms with Gasteiger partial charge < -0.3 is 10.1 Å². The van der Waals surface area contributed by atoms with Crippen LogP contribution in [0.2, 0.25) is 0 Å². The van der Waals surface area contributed by atoms with Gasteiger partial charge in [0.1, 0.15) is 0 Å². The second-order valence-electron chi connectivity index (χ2n) is 4.58. The summed E-state index contributed by atoms with van der Waals surface area (Å²) in [5, 5.41) is 7.84. The Hall–Kier alpha value is -1.07. The largest absolute Gasteiger partial charge is 0.481 e. The van der Waals surface area contributed by atoms with Gasteiger partial charge in [-0.1, -0.05) is 0 Å². The standard InChI is InChI=1S/C12H22N4O/c1-10-11(12(17-3)15(2)14-10)9-16-7-4-5-13-6-8-16/h13H,4-9H2,1-3H3. The summed E-state index contributed by atoms with van der Waals surface area (Å²) in [6.07, 6.45) is 1.21. The molecule has 5 heteroatoms. The Bertz CT molecular complexity index is 367. The Balaban J connectivity index is 2.11. The van der Waals surface area contributed by atoms with Gasteiger partial charge in [-0.25, -0.2) is 4.68 Å². The van der Waals surface area contributed by atoms with E-state index in [1.165, 1.54) is 12.0 Å². The molecule has 0 spiro atoms.